The van der Waals surface area contributed by atoms with E-state index in [2.05, 4.69) is 40.5 Å². The molecule has 5 nitrogen and oxygen atoms in total. The van der Waals surface area contributed by atoms with Gasteiger partial charge in [0.1, 0.15) is 12.3 Å². The first-order valence-corrected chi connectivity index (χ1v) is 9.87. The molecule has 0 N–H and O–H groups in total. The minimum Gasteiger partial charge on any atom is -0.396 e. The first-order valence-electron chi connectivity index (χ1n) is 9.87. The number of aryl methyl sites for hydroxylation is 3. The van der Waals surface area contributed by atoms with Crippen molar-refractivity contribution in [1.82, 2.24) is 15.0 Å². The van der Waals surface area contributed by atoms with Gasteiger partial charge in [0.25, 0.3) is 0 Å². The molecule has 4 rings (SSSR count). The predicted molar refractivity (Wildman–Crippen MR) is 117 cm³/mol. The minimum absolute atomic E-state index is 0.537. The van der Waals surface area contributed by atoms with Gasteiger partial charge in [-0.25, -0.2) is 0 Å². The number of hydrogen-bond acceptors (Lipinski definition) is 5. The van der Waals surface area contributed by atoms with E-state index in [1.807, 2.05) is 45.0 Å². The molecule has 0 saturated heterocycles. The van der Waals surface area contributed by atoms with Gasteiger partial charge in [0.2, 0.25) is 0 Å². The van der Waals surface area contributed by atoms with Crippen LogP contribution in [0.5, 0.6) is 0 Å². The van der Waals surface area contributed by atoms with Crippen LogP contribution in [-0.2, 0) is 11.3 Å². The summed E-state index contributed by atoms with van der Waals surface area (Å²) in [5.41, 5.74) is 6.56. The summed E-state index contributed by atoms with van der Waals surface area (Å²) in [4.78, 5) is 19.5. The van der Waals surface area contributed by atoms with Gasteiger partial charge in [-0.3, -0.25) is 15.0 Å². The molecule has 0 atom stereocenters. The summed E-state index contributed by atoms with van der Waals surface area (Å²) in [6, 6.07) is 18.4. The summed E-state index contributed by atoms with van der Waals surface area (Å²) in [5, 5.41) is 6.42. The number of pyridine rings is 3. The summed E-state index contributed by atoms with van der Waals surface area (Å²) in [5.74, 6) is 0. The van der Waals surface area contributed by atoms with E-state index in [-0.39, 0.29) is 0 Å². The third-order valence-electron chi connectivity index (χ3n) is 4.85. The zero-order valence-electron chi connectivity index (χ0n) is 17.0. The molecule has 0 aliphatic heterocycles. The maximum atomic E-state index is 5.49. The summed E-state index contributed by atoms with van der Waals surface area (Å²) >= 11 is 0. The summed E-state index contributed by atoms with van der Waals surface area (Å²) in [7, 11) is 0. The van der Waals surface area contributed by atoms with E-state index in [1.54, 1.807) is 0 Å². The highest BCUT2D eigenvalue weighted by atomic mass is 16.6. The first-order chi connectivity index (χ1) is 14.1. The molecule has 0 amide bonds. The quantitative estimate of drug-likeness (QED) is 0.199. The van der Waals surface area contributed by atoms with Gasteiger partial charge in [0.05, 0.1) is 16.7 Å². The Kier molecular flexibility index (Phi) is 5.47. The minimum atomic E-state index is 0.537. The molecule has 1 aromatic carbocycles. The Labute approximate surface area is 170 Å². The van der Waals surface area contributed by atoms with Gasteiger partial charge in [0.15, 0.2) is 0 Å². The Bertz CT molecular complexity index is 1200. The van der Waals surface area contributed by atoms with Crippen molar-refractivity contribution in [2.75, 3.05) is 6.61 Å². The number of hydrogen-bond donors (Lipinski definition) is 0. The second kappa shape index (κ2) is 8.35. The molecule has 0 spiro atoms. The molecule has 0 saturated carbocycles. The van der Waals surface area contributed by atoms with Crippen molar-refractivity contribution in [3.63, 3.8) is 0 Å². The molecule has 146 valence electrons. The molecule has 0 unspecified atom stereocenters. The van der Waals surface area contributed by atoms with Gasteiger partial charge in [-0.2, -0.15) is 0 Å². The van der Waals surface area contributed by atoms with Gasteiger partial charge >= 0.3 is 0 Å². The van der Waals surface area contributed by atoms with Crippen LogP contribution in [0.1, 0.15) is 36.1 Å². The van der Waals surface area contributed by atoms with Crippen LogP contribution in [0.3, 0.4) is 0 Å². The zero-order chi connectivity index (χ0) is 20.2. The van der Waals surface area contributed by atoms with Crippen LogP contribution in [0.15, 0.2) is 59.8 Å². The second-order valence-corrected chi connectivity index (χ2v) is 7.24. The summed E-state index contributed by atoms with van der Waals surface area (Å²) in [6.45, 7) is 6.42. The molecule has 4 aromatic rings. The van der Waals surface area contributed by atoms with Crippen molar-refractivity contribution in [2.24, 2.45) is 5.16 Å². The highest BCUT2D eigenvalue weighted by molar-refractivity contribution is 6.02. The SMILES string of the molecule is CC(=NOCCCc1ccc2ccc3ccc(C)nc3c2n1)c1cccc(C)n1. The largest absolute Gasteiger partial charge is 0.396 e. The Morgan fingerprint density at radius 2 is 1.52 bits per heavy atom. The van der Waals surface area contributed by atoms with E-state index in [1.165, 1.54) is 0 Å². The number of oxime groups is 1. The molecule has 0 aliphatic carbocycles. The lowest BCUT2D eigenvalue weighted by Crippen LogP contribution is -2.02. The van der Waals surface area contributed by atoms with E-state index in [0.29, 0.717) is 6.61 Å². The normalized spacial score (nSPS) is 11.9. The van der Waals surface area contributed by atoms with Gasteiger partial charge in [-0.1, -0.05) is 35.5 Å². The van der Waals surface area contributed by atoms with E-state index >= 15 is 0 Å². The second-order valence-electron chi connectivity index (χ2n) is 7.24. The van der Waals surface area contributed by atoms with Crippen LogP contribution in [-0.4, -0.2) is 27.3 Å². The highest BCUT2D eigenvalue weighted by Crippen LogP contribution is 2.23. The monoisotopic (exact) mass is 384 g/mol. The Hall–Kier alpha value is -3.34. The van der Waals surface area contributed by atoms with Gasteiger partial charge < -0.3 is 4.84 Å². The fraction of sp³-hybridized carbons (Fsp3) is 0.250. The third kappa shape index (κ3) is 4.40. The molecule has 0 bridgehead atoms. The predicted octanol–water partition coefficient (Wildman–Crippen LogP) is 5.17. The number of benzene rings is 1. The Morgan fingerprint density at radius 1 is 0.828 bits per heavy atom. The van der Waals surface area contributed by atoms with Crippen LogP contribution in [0.25, 0.3) is 21.8 Å². The highest BCUT2D eigenvalue weighted by Gasteiger charge is 2.06. The van der Waals surface area contributed by atoms with Crippen molar-refractivity contribution in [1.29, 1.82) is 0 Å². The average Bonchev–Trinajstić information content (AvgIpc) is 2.73. The standard InChI is InChI=1S/C24H24N4O/c1-16-6-4-8-22(25-16)18(3)28-29-15-5-7-21-14-13-20-12-11-19-10-9-17(2)26-23(19)24(20)27-21/h4,6,8-14H,5,7,15H2,1-3H3. The topological polar surface area (TPSA) is 60.3 Å². The third-order valence-corrected chi connectivity index (χ3v) is 4.85. The molecule has 0 fully saturated rings. The van der Waals surface area contributed by atoms with Crippen LogP contribution >= 0.6 is 0 Å². The first kappa shape index (κ1) is 19.0. The Morgan fingerprint density at radius 3 is 2.31 bits per heavy atom. The van der Waals surface area contributed by atoms with Crippen molar-refractivity contribution >= 4 is 27.5 Å². The molecule has 0 aliphatic rings. The molecular formula is C24H24N4O. The number of rotatable bonds is 6. The molecule has 3 heterocycles. The lowest BCUT2D eigenvalue weighted by atomic mass is 10.1. The Balaban J connectivity index is 1.41. The number of nitrogens with zero attached hydrogens (tertiary/aromatic N) is 4. The number of aromatic nitrogens is 3. The number of fused-ring (bicyclic) bond motifs is 3. The van der Waals surface area contributed by atoms with E-state index in [9.17, 15) is 0 Å². The zero-order valence-corrected chi connectivity index (χ0v) is 17.0. The van der Waals surface area contributed by atoms with Crippen molar-refractivity contribution in [3.05, 3.63) is 77.4 Å². The molecule has 3 aromatic heterocycles. The van der Waals surface area contributed by atoms with Crippen LogP contribution in [0.4, 0.5) is 0 Å². The van der Waals surface area contributed by atoms with Crippen LogP contribution in [0, 0.1) is 13.8 Å². The lowest BCUT2D eigenvalue weighted by molar-refractivity contribution is 0.141. The summed E-state index contributed by atoms with van der Waals surface area (Å²) < 4.78 is 0. The van der Waals surface area contributed by atoms with E-state index in [0.717, 1.165) is 63.1 Å². The van der Waals surface area contributed by atoms with Gasteiger partial charge in [-0.05, 0) is 57.9 Å². The molecule has 0 radical (unpaired) electrons. The molecule has 29 heavy (non-hydrogen) atoms. The fourth-order valence-corrected chi connectivity index (χ4v) is 3.30. The van der Waals surface area contributed by atoms with Gasteiger partial charge in [-0.15, -0.1) is 0 Å². The fourth-order valence-electron chi connectivity index (χ4n) is 3.30. The van der Waals surface area contributed by atoms with E-state index in [4.69, 9.17) is 14.8 Å². The van der Waals surface area contributed by atoms with Crippen molar-refractivity contribution < 1.29 is 4.84 Å². The maximum Gasteiger partial charge on any atom is 0.117 e. The smallest absolute Gasteiger partial charge is 0.117 e. The lowest BCUT2D eigenvalue weighted by Gasteiger charge is -2.07. The van der Waals surface area contributed by atoms with Crippen molar-refractivity contribution in [2.45, 2.75) is 33.6 Å². The summed E-state index contributed by atoms with van der Waals surface area (Å²) in [6.07, 6.45) is 1.67. The van der Waals surface area contributed by atoms with Gasteiger partial charge in [0, 0.05) is 27.9 Å². The van der Waals surface area contributed by atoms with Crippen molar-refractivity contribution in [3.8, 4) is 0 Å². The van der Waals surface area contributed by atoms with Crippen LogP contribution in [0.2, 0.25) is 0 Å². The average molecular weight is 384 g/mol. The van der Waals surface area contributed by atoms with Crippen LogP contribution < -0.4 is 0 Å². The molecular weight excluding hydrogens is 360 g/mol. The maximum absolute atomic E-state index is 5.49. The molecule has 5 heteroatoms. The van der Waals surface area contributed by atoms with E-state index < -0.39 is 0 Å².